The predicted molar refractivity (Wildman–Crippen MR) is 88.7 cm³/mol. The standard InChI is InChI=1S/C16H24N4O4/c1-24-10-12(17)15(22)20-13(9-11-5-3-2-4-6-11)16(23)19-8-7-14(18)21/h2-6,12-13H,7-10,17H2,1H3,(H2,18,21)(H,19,23)(H,20,22). The quantitative estimate of drug-likeness (QED) is 0.420. The molecule has 0 heterocycles. The van der Waals surface area contributed by atoms with Gasteiger partial charge in [0.25, 0.3) is 0 Å². The highest BCUT2D eigenvalue weighted by molar-refractivity contribution is 5.90. The zero-order valence-electron chi connectivity index (χ0n) is 13.7. The van der Waals surface area contributed by atoms with Crippen LogP contribution in [0.5, 0.6) is 0 Å². The molecule has 2 atom stereocenters. The van der Waals surface area contributed by atoms with Gasteiger partial charge in [0.1, 0.15) is 12.1 Å². The van der Waals surface area contributed by atoms with E-state index in [1.165, 1.54) is 7.11 Å². The number of benzene rings is 1. The van der Waals surface area contributed by atoms with Gasteiger partial charge in [-0.1, -0.05) is 30.3 Å². The zero-order chi connectivity index (χ0) is 17.9. The molecule has 0 saturated carbocycles. The van der Waals surface area contributed by atoms with Gasteiger partial charge < -0.3 is 26.8 Å². The molecule has 8 heteroatoms. The van der Waals surface area contributed by atoms with Gasteiger partial charge in [0.05, 0.1) is 6.61 Å². The van der Waals surface area contributed by atoms with E-state index in [1.54, 1.807) is 0 Å². The average Bonchev–Trinajstić information content (AvgIpc) is 2.54. The summed E-state index contributed by atoms with van der Waals surface area (Å²) >= 11 is 0. The van der Waals surface area contributed by atoms with Gasteiger partial charge >= 0.3 is 0 Å². The van der Waals surface area contributed by atoms with Crippen molar-refractivity contribution >= 4 is 17.7 Å². The van der Waals surface area contributed by atoms with E-state index in [0.717, 1.165) is 5.56 Å². The van der Waals surface area contributed by atoms with Crippen molar-refractivity contribution in [2.24, 2.45) is 11.5 Å². The molecule has 0 aliphatic carbocycles. The topological polar surface area (TPSA) is 137 Å². The number of hydrogen-bond acceptors (Lipinski definition) is 5. The molecule has 0 spiro atoms. The Hall–Kier alpha value is -2.45. The molecule has 0 radical (unpaired) electrons. The number of amides is 3. The first kappa shape index (κ1) is 19.6. The number of ether oxygens (including phenoxy) is 1. The van der Waals surface area contributed by atoms with Gasteiger partial charge in [0.2, 0.25) is 17.7 Å². The van der Waals surface area contributed by atoms with E-state index in [9.17, 15) is 14.4 Å². The van der Waals surface area contributed by atoms with Gasteiger partial charge in [-0.25, -0.2) is 0 Å². The summed E-state index contributed by atoms with van der Waals surface area (Å²) in [5, 5.41) is 5.20. The number of methoxy groups -OCH3 is 1. The Morgan fingerprint density at radius 2 is 1.83 bits per heavy atom. The van der Waals surface area contributed by atoms with Crippen LogP contribution in [0.2, 0.25) is 0 Å². The molecule has 3 amide bonds. The summed E-state index contributed by atoms with van der Waals surface area (Å²) in [6.45, 7) is 0.159. The molecule has 1 aromatic rings. The van der Waals surface area contributed by atoms with Gasteiger partial charge in [-0.15, -0.1) is 0 Å². The van der Waals surface area contributed by atoms with E-state index in [1.807, 2.05) is 30.3 Å². The first-order valence-corrected chi connectivity index (χ1v) is 7.59. The second kappa shape index (κ2) is 10.3. The molecule has 0 aliphatic heterocycles. The molecule has 6 N–H and O–H groups in total. The van der Waals surface area contributed by atoms with Crippen LogP contribution >= 0.6 is 0 Å². The fraction of sp³-hybridized carbons (Fsp3) is 0.438. The number of nitrogens with two attached hydrogens (primary N) is 2. The Kier molecular flexibility index (Phi) is 8.45. The van der Waals surface area contributed by atoms with Crippen molar-refractivity contribution in [3.05, 3.63) is 35.9 Å². The van der Waals surface area contributed by atoms with Crippen LogP contribution in [-0.2, 0) is 25.5 Å². The lowest BCUT2D eigenvalue weighted by Gasteiger charge is -2.20. The van der Waals surface area contributed by atoms with E-state index < -0.39 is 29.8 Å². The largest absolute Gasteiger partial charge is 0.383 e. The Morgan fingerprint density at radius 1 is 1.17 bits per heavy atom. The summed E-state index contributed by atoms with van der Waals surface area (Å²) in [6.07, 6.45) is 0.329. The summed E-state index contributed by atoms with van der Waals surface area (Å²) in [5.74, 6) is -1.40. The minimum Gasteiger partial charge on any atom is -0.383 e. The maximum Gasteiger partial charge on any atom is 0.242 e. The lowest BCUT2D eigenvalue weighted by Crippen LogP contribution is -2.53. The number of hydrogen-bond donors (Lipinski definition) is 4. The second-order valence-corrected chi connectivity index (χ2v) is 5.32. The summed E-state index contributed by atoms with van der Waals surface area (Å²) in [6, 6.07) is 7.57. The third-order valence-corrected chi connectivity index (χ3v) is 3.27. The zero-order valence-corrected chi connectivity index (χ0v) is 13.7. The maximum atomic E-state index is 12.3. The van der Waals surface area contributed by atoms with Gasteiger partial charge in [0.15, 0.2) is 0 Å². The SMILES string of the molecule is COCC(N)C(=O)NC(Cc1ccccc1)C(=O)NCCC(N)=O. The van der Waals surface area contributed by atoms with Crippen molar-refractivity contribution < 1.29 is 19.1 Å². The molecule has 24 heavy (non-hydrogen) atoms. The average molecular weight is 336 g/mol. The van der Waals surface area contributed by atoms with Crippen molar-refractivity contribution in [1.29, 1.82) is 0 Å². The first-order chi connectivity index (χ1) is 11.4. The minimum atomic E-state index is -0.869. The van der Waals surface area contributed by atoms with Crippen molar-refractivity contribution in [3.63, 3.8) is 0 Å². The van der Waals surface area contributed by atoms with Crippen LogP contribution < -0.4 is 22.1 Å². The first-order valence-electron chi connectivity index (χ1n) is 7.59. The number of carbonyl (C=O) groups is 3. The molecule has 0 aliphatic rings. The molecule has 0 aromatic heterocycles. The molecule has 2 unspecified atom stereocenters. The summed E-state index contributed by atoms with van der Waals surface area (Å²) in [4.78, 5) is 35.1. The Morgan fingerprint density at radius 3 is 2.42 bits per heavy atom. The summed E-state index contributed by atoms with van der Waals surface area (Å²) in [5.41, 5.74) is 11.6. The fourth-order valence-corrected chi connectivity index (χ4v) is 2.03. The smallest absolute Gasteiger partial charge is 0.242 e. The third kappa shape index (κ3) is 7.21. The lowest BCUT2D eigenvalue weighted by atomic mass is 10.0. The Labute approximate surface area is 140 Å². The number of carbonyl (C=O) groups excluding carboxylic acids is 3. The maximum absolute atomic E-state index is 12.3. The summed E-state index contributed by atoms with van der Waals surface area (Å²) in [7, 11) is 1.44. The van der Waals surface area contributed by atoms with Crippen LogP contribution in [0.3, 0.4) is 0 Å². The highest BCUT2D eigenvalue weighted by atomic mass is 16.5. The molecule has 132 valence electrons. The van der Waals surface area contributed by atoms with E-state index in [0.29, 0.717) is 6.42 Å². The molecule has 0 saturated heterocycles. The molecule has 0 fully saturated rings. The monoisotopic (exact) mass is 336 g/mol. The molecule has 0 bridgehead atoms. The van der Waals surface area contributed by atoms with E-state index in [4.69, 9.17) is 16.2 Å². The van der Waals surface area contributed by atoms with Crippen LogP contribution in [0.15, 0.2) is 30.3 Å². The van der Waals surface area contributed by atoms with Crippen LogP contribution in [0, 0.1) is 0 Å². The van der Waals surface area contributed by atoms with Crippen LogP contribution in [0.1, 0.15) is 12.0 Å². The van der Waals surface area contributed by atoms with Crippen molar-refractivity contribution in [2.75, 3.05) is 20.3 Å². The van der Waals surface area contributed by atoms with Crippen LogP contribution in [0.4, 0.5) is 0 Å². The van der Waals surface area contributed by atoms with Crippen LogP contribution in [-0.4, -0.2) is 50.1 Å². The van der Waals surface area contributed by atoms with E-state index in [-0.39, 0.29) is 19.6 Å². The normalized spacial score (nSPS) is 12.9. The number of rotatable bonds is 10. The van der Waals surface area contributed by atoms with Gasteiger partial charge in [-0.2, -0.15) is 0 Å². The van der Waals surface area contributed by atoms with Gasteiger partial charge in [-0.3, -0.25) is 14.4 Å². The molecule has 1 aromatic carbocycles. The number of nitrogens with one attached hydrogen (secondary N) is 2. The van der Waals surface area contributed by atoms with Crippen molar-refractivity contribution in [1.82, 2.24) is 10.6 Å². The minimum absolute atomic E-state index is 0.0287. The van der Waals surface area contributed by atoms with E-state index >= 15 is 0 Å². The summed E-state index contributed by atoms with van der Waals surface area (Å²) < 4.78 is 4.84. The highest BCUT2D eigenvalue weighted by Gasteiger charge is 2.24. The predicted octanol–water partition coefficient (Wildman–Crippen LogP) is -1.32. The molecule has 1 rings (SSSR count). The fourth-order valence-electron chi connectivity index (χ4n) is 2.03. The number of primary amides is 1. The van der Waals surface area contributed by atoms with Crippen molar-refractivity contribution in [3.8, 4) is 0 Å². The molecular weight excluding hydrogens is 312 g/mol. The Balaban J connectivity index is 2.72. The molecule has 8 nitrogen and oxygen atoms in total. The second-order valence-electron chi connectivity index (χ2n) is 5.32. The lowest BCUT2D eigenvalue weighted by molar-refractivity contribution is -0.130. The van der Waals surface area contributed by atoms with Crippen LogP contribution in [0.25, 0.3) is 0 Å². The third-order valence-electron chi connectivity index (χ3n) is 3.27. The highest BCUT2D eigenvalue weighted by Crippen LogP contribution is 2.04. The molecular formula is C16H24N4O4. The van der Waals surface area contributed by atoms with E-state index in [2.05, 4.69) is 10.6 Å². The van der Waals surface area contributed by atoms with Crippen molar-refractivity contribution in [2.45, 2.75) is 24.9 Å². The Bertz CT molecular complexity index is 550. The van der Waals surface area contributed by atoms with Gasteiger partial charge in [-0.05, 0) is 5.56 Å². The van der Waals surface area contributed by atoms with Gasteiger partial charge in [0, 0.05) is 26.5 Å².